The Morgan fingerprint density at radius 2 is 1.12 bits per heavy atom. The molecule has 2 aromatic carbocycles. The van der Waals surface area contributed by atoms with Gasteiger partial charge in [0, 0.05) is 58.1 Å². The first-order valence-corrected chi connectivity index (χ1v) is 31.0. The molecule has 0 radical (unpaired) electrons. The number of benzene rings is 2. The summed E-state index contributed by atoms with van der Waals surface area (Å²) in [5, 5.41) is 13.4. The van der Waals surface area contributed by atoms with E-state index < -0.39 is 50.9 Å². The van der Waals surface area contributed by atoms with Crippen molar-refractivity contribution in [2.45, 2.75) is 77.7 Å². The van der Waals surface area contributed by atoms with Gasteiger partial charge in [0.2, 0.25) is 10.6 Å². The van der Waals surface area contributed by atoms with Gasteiger partial charge in [-0.1, -0.05) is 86.1 Å². The van der Waals surface area contributed by atoms with Crippen molar-refractivity contribution in [2.75, 3.05) is 84.4 Å². The van der Waals surface area contributed by atoms with Crippen molar-refractivity contribution >= 4 is 88.9 Å². The number of carbonyl (C=O) groups is 2. The molecule has 0 bridgehead atoms. The fourth-order valence-electron chi connectivity index (χ4n) is 8.31. The van der Waals surface area contributed by atoms with Crippen molar-refractivity contribution in [1.29, 1.82) is 0 Å². The van der Waals surface area contributed by atoms with Crippen LogP contribution >= 0.6 is 49.1 Å². The summed E-state index contributed by atoms with van der Waals surface area (Å²) in [4.78, 5) is 42.6. The molecule has 2 saturated heterocycles. The van der Waals surface area contributed by atoms with Crippen LogP contribution in [0.1, 0.15) is 51.3 Å². The van der Waals surface area contributed by atoms with E-state index in [1.807, 2.05) is 81.4 Å². The van der Waals surface area contributed by atoms with Gasteiger partial charge in [-0.15, -0.1) is 0 Å². The number of esters is 2. The summed E-state index contributed by atoms with van der Waals surface area (Å²) >= 11 is 18.4. The Hall–Kier alpha value is -4.59. The Labute approximate surface area is 452 Å². The fourth-order valence-corrected chi connectivity index (χ4v) is 10.0. The van der Waals surface area contributed by atoms with E-state index in [0.717, 1.165) is 12.1 Å². The highest BCUT2D eigenvalue weighted by Crippen LogP contribution is 2.41. The molecule has 75 heavy (non-hydrogen) atoms. The van der Waals surface area contributed by atoms with Gasteiger partial charge in [-0.2, -0.15) is 25.1 Å². The molecule has 25 heteroatoms. The number of nitrogens with one attached hydrogen (secondary N) is 1. The Kier molecular flexibility index (Phi) is 21.6. The van der Waals surface area contributed by atoms with Gasteiger partial charge in [0.1, 0.15) is 11.0 Å². The van der Waals surface area contributed by atoms with Crippen LogP contribution in [0.5, 0.6) is 0 Å². The number of hydrogen-bond acceptors (Lipinski definition) is 18. The number of anilines is 1. The summed E-state index contributed by atoms with van der Waals surface area (Å²) in [5.41, 5.74) is 3.31. The summed E-state index contributed by atoms with van der Waals surface area (Å²) in [6.07, 6.45) is 0.756. The van der Waals surface area contributed by atoms with E-state index in [1.54, 1.807) is 37.5 Å². The zero-order chi connectivity index (χ0) is 54.6. The lowest BCUT2D eigenvalue weighted by Gasteiger charge is -2.22. The zero-order valence-electron chi connectivity index (χ0n) is 43.8. The number of aromatic nitrogens is 8. The van der Waals surface area contributed by atoms with Crippen LogP contribution in [0.25, 0.3) is 22.1 Å². The molecule has 0 spiro atoms. The van der Waals surface area contributed by atoms with Crippen LogP contribution in [0.3, 0.4) is 0 Å². The Morgan fingerprint density at radius 3 is 1.57 bits per heavy atom. The maximum Gasteiger partial charge on any atom is 0.303 e. The second kappa shape index (κ2) is 27.1. The number of carbonyl (C=O) groups excluding carboxylic acids is 2. The lowest BCUT2D eigenvalue weighted by atomic mass is 10.0. The number of hydrogen-bond donors (Lipinski definition) is 1. The van der Waals surface area contributed by atoms with E-state index in [2.05, 4.69) is 47.6 Å². The molecule has 408 valence electrons. The molecule has 4 aromatic heterocycles. The first-order chi connectivity index (χ1) is 35.5. The zero-order valence-corrected chi connectivity index (χ0v) is 47.9. The van der Waals surface area contributed by atoms with Crippen LogP contribution in [-0.4, -0.2) is 155 Å². The lowest BCUT2D eigenvalue weighted by molar-refractivity contribution is -0.154. The van der Waals surface area contributed by atoms with E-state index in [0.29, 0.717) is 60.0 Å². The minimum atomic E-state index is -2.17. The topological polar surface area (TPSA) is 226 Å². The molecule has 2 fully saturated rings. The third-order valence-electron chi connectivity index (χ3n) is 12.2. The second-order valence-electron chi connectivity index (χ2n) is 19.4. The predicted octanol–water partition coefficient (Wildman–Crippen LogP) is 8.86. The van der Waals surface area contributed by atoms with Crippen molar-refractivity contribution in [3.8, 4) is 0 Å². The molecule has 2 aliphatic heterocycles. The summed E-state index contributed by atoms with van der Waals surface area (Å²) < 4.78 is 62.0. The molecular formula is C50H67Cl3N10O10P2. The van der Waals surface area contributed by atoms with E-state index in [-0.39, 0.29) is 53.0 Å². The predicted molar refractivity (Wildman–Crippen MR) is 291 cm³/mol. The molecule has 6 heterocycles. The lowest BCUT2D eigenvalue weighted by Crippen LogP contribution is -2.31. The van der Waals surface area contributed by atoms with Crippen LogP contribution in [0.15, 0.2) is 73.1 Å². The first kappa shape index (κ1) is 59.7. The molecule has 6 aromatic rings. The summed E-state index contributed by atoms with van der Waals surface area (Å²) in [6, 6.07) is 20.4. The summed E-state index contributed by atoms with van der Waals surface area (Å²) in [6.45, 7) is 16.3. The van der Waals surface area contributed by atoms with Crippen LogP contribution < -0.4 is 10.2 Å². The highest BCUT2D eigenvalue weighted by Gasteiger charge is 2.48. The summed E-state index contributed by atoms with van der Waals surface area (Å²) in [5.74, 6) is -0.579. The Balaban J connectivity index is 0.000000213. The normalized spacial score (nSPS) is 21.6. The number of nitrogens with zero attached hydrogens (tertiary/aromatic N) is 9. The first-order valence-electron chi connectivity index (χ1n) is 24.3. The van der Waals surface area contributed by atoms with Crippen LogP contribution in [0, 0.1) is 11.8 Å². The molecule has 0 saturated carbocycles. The highest BCUT2D eigenvalue weighted by molar-refractivity contribution is 7.62. The van der Waals surface area contributed by atoms with Crippen LogP contribution in [-0.2, 0) is 60.2 Å². The molecule has 8 rings (SSSR count). The molecule has 1 N–H and O–H groups in total. The average molecular weight is 1140 g/mol. The molecule has 20 nitrogen and oxygen atoms in total. The molecule has 0 aliphatic carbocycles. The number of rotatable bonds is 19. The minimum absolute atomic E-state index is 0.0252. The maximum absolute atomic E-state index is 12.0. The second-order valence-corrected chi connectivity index (χ2v) is 27.6. The molecule has 8 atom stereocenters. The van der Waals surface area contributed by atoms with Gasteiger partial charge in [-0.05, 0) is 68.0 Å². The molecule has 0 unspecified atom stereocenters. The monoisotopic (exact) mass is 1130 g/mol. The van der Waals surface area contributed by atoms with Crippen molar-refractivity contribution in [3.63, 3.8) is 0 Å². The van der Waals surface area contributed by atoms with Gasteiger partial charge in [-0.25, -0.2) is 14.3 Å². The van der Waals surface area contributed by atoms with E-state index in [9.17, 15) is 18.7 Å². The number of ether oxygens (including phenoxy) is 6. The van der Waals surface area contributed by atoms with Crippen LogP contribution in [0.2, 0.25) is 15.7 Å². The standard InChI is InChI=1S/C25H33ClN5O5P.C17H23Cl2N4O5P.C8H11N/c1-16-20(15-34-11-12-37(4,5)33)36-24(21(16)35-17(2)32)31-23-19(13-27-31)22(28-25(26)29-23)30(3)14-18-9-7-6-8-10-18;1-9-12(8-26-5-6-29(3,4)25)28-16(13(9)27-10(2)24)23-15-11(7-20-23)14(18)21-17(19)22-15;1-9-7-8-5-3-2-4-6-8/h6-10,13,16,20-21,24H,11-12,14-15H2,1-5H3;7,9,12-13,16H,5-6,8H2,1-4H3;2-6,9H,7H2,1H3/t16-,20-,21-,24-;9-,12-,13-,16-;/m11./s1. The average Bonchev–Trinajstić information content (AvgIpc) is 4.10. The van der Waals surface area contributed by atoms with Crippen molar-refractivity contribution < 1.29 is 47.1 Å². The van der Waals surface area contributed by atoms with Gasteiger partial charge >= 0.3 is 11.9 Å². The quantitative estimate of drug-likeness (QED) is 0.0263. The van der Waals surface area contributed by atoms with Gasteiger partial charge in [0.05, 0.1) is 76.1 Å². The van der Waals surface area contributed by atoms with Gasteiger partial charge in [0.15, 0.2) is 36.0 Å². The summed E-state index contributed by atoms with van der Waals surface area (Å²) in [7, 11) is -0.444. The highest BCUT2D eigenvalue weighted by atomic mass is 35.5. The third kappa shape index (κ3) is 17.0. The van der Waals surface area contributed by atoms with E-state index in [1.165, 1.54) is 30.3 Å². The van der Waals surface area contributed by atoms with Crippen molar-refractivity contribution in [2.24, 2.45) is 11.8 Å². The smallest absolute Gasteiger partial charge is 0.303 e. The minimum Gasteiger partial charge on any atom is -0.457 e. The van der Waals surface area contributed by atoms with Crippen molar-refractivity contribution in [3.05, 3.63) is 99.9 Å². The van der Waals surface area contributed by atoms with Crippen molar-refractivity contribution in [1.82, 2.24) is 44.8 Å². The van der Waals surface area contributed by atoms with E-state index in [4.69, 9.17) is 63.2 Å². The van der Waals surface area contributed by atoms with Gasteiger partial charge in [0.25, 0.3) is 0 Å². The molecular weight excluding hydrogens is 1070 g/mol. The molecule has 0 amide bonds. The number of halogens is 3. The van der Waals surface area contributed by atoms with Crippen LogP contribution in [0.4, 0.5) is 5.82 Å². The van der Waals surface area contributed by atoms with Gasteiger partial charge in [-0.3, -0.25) is 9.59 Å². The number of fused-ring (bicyclic) bond motifs is 2. The molecule has 2 aliphatic rings. The SMILES string of the molecule is CC(=O)O[C@@H]1[C@H](C)[C@@H](COCCP(C)(C)=O)O[C@H]1n1ncc2c(Cl)nc(Cl)nc21.CC(=O)O[C@@H]1[C@H](C)[C@@H](COCCP(C)(C)=O)O[C@H]1n1ncc2c(N(C)Cc3ccccc3)nc(Cl)nc21.CNCc1ccccc1. The maximum atomic E-state index is 12.0. The fraction of sp³-hybridized carbons (Fsp3) is 0.520. The largest absolute Gasteiger partial charge is 0.457 e. The van der Waals surface area contributed by atoms with E-state index >= 15 is 0 Å². The van der Waals surface area contributed by atoms with Gasteiger partial charge < -0.3 is 47.8 Å². The Morgan fingerprint density at radius 1 is 0.680 bits per heavy atom. The third-order valence-corrected chi connectivity index (χ3v) is 15.4. The Bertz CT molecular complexity index is 2930.